The summed E-state index contributed by atoms with van der Waals surface area (Å²) in [6.45, 7) is 1.96. The number of aryl methyl sites for hydroxylation is 1. The van der Waals surface area contributed by atoms with Gasteiger partial charge in [0.05, 0.1) is 17.6 Å². The monoisotopic (exact) mass is 323 g/mol. The minimum absolute atomic E-state index is 0.329. The Bertz CT molecular complexity index is 1030. The van der Waals surface area contributed by atoms with Crippen LogP contribution < -0.4 is 5.32 Å². The molecule has 0 aliphatic carbocycles. The van der Waals surface area contributed by atoms with E-state index in [1.54, 1.807) is 33.6 Å². The Morgan fingerprint density at radius 1 is 1.12 bits per heavy atom. The fourth-order valence-electron chi connectivity index (χ4n) is 2.42. The first-order chi connectivity index (χ1) is 11.6. The maximum absolute atomic E-state index is 13.5. The highest BCUT2D eigenvalue weighted by atomic mass is 19.1. The number of nitrogens with zero attached hydrogens (tertiary/aromatic N) is 6. The summed E-state index contributed by atoms with van der Waals surface area (Å²) < 4.78 is 16.8. The predicted molar refractivity (Wildman–Crippen MR) is 87.4 cm³/mol. The SMILES string of the molecule is Cc1c(Nc2ccc3nnc(-c4cccc(F)c4)n3n2)cnn1C. The molecule has 0 spiro atoms. The number of benzene rings is 1. The van der Waals surface area contributed by atoms with Gasteiger partial charge in [-0.3, -0.25) is 4.68 Å². The minimum atomic E-state index is -0.329. The Morgan fingerprint density at radius 3 is 2.75 bits per heavy atom. The Balaban J connectivity index is 1.77. The molecule has 0 atom stereocenters. The molecule has 1 N–H and O–H groups in total. The van der Waals surface area contributed by atoms with Crippen molar-refractivity contribution in [2.24, 2.45) is 7.05 Å². The van der Waals surface area contributed by atoms with Gasteiger partial charge in [0.15, 0.2) is 17.3 Å². The zero-order valence-corrected chi connectivity index (χ0v) is 13.1. The number of rotatable bonds is 3. The number of fused-ring (bicyclic) bond motifs is 1. The molecular formula is C16H14FN7. The lowest BCUT2D eigenvalue weighted by atomic mass is 10.2. The summed E-state index contributed by atoms with van der Waals surface area (Å²) in [5.41, 5.74) is 3.06. The second-order valence-corrected chi connectivity index (χ2v) is 5.41. The van der Waals surface area contributed by atoms with Gasteiger partial charge in [-0.2, -0.15) is 9.61 Å². The molecule has 0 aliphatic rings. The number of anilines is 2. The molecule has 8 heteroatoms. The van der Waals surface area contributed by atoms with Gasteiger partial charge in [-0.1, -0.05) is 12.1 Å². The van der Waals surface area contributed by atoms with Crippen LogP contribution in [0.2, 0.25) is 0 Å². The van der Waals surface area contributed by atoms with Crippen molar-refractivity contribution in [1.82, 2.24) is 29.6 Å². The fourth-order valence-corrected chi connectivity index (χ4v) is 2.42. The Labute approximate surface area is 136 Å². The molecule has 24 heavy (non-hydrogen) atoms. The van der Waals surface area contributed by atoms with E-state index in [0.29, 0.717) is 22.9 Å². The minimum Gasteiger partial charge on any atom is -0.336 e. The summed E-state index contributed by atoms with van der Waals surface area (Å²) in [4.78, 5) is 0. The zero-order chi connectivity index (χ0) is 16.7. The van der Waals surface area contributed by atoms with Crippen LogP contribution in [0, 0.1) is 12.7 Å². The molecule has 1 aromatic carbocycles. The summed E-state index contributed by atoms with van der Waals surface area (Å²) in [6, 6.07) is 9.81. The van der Waals surface area contributed by atoms with E-state index in [1.165, 1.54) is 12.1 Å². The van der Waals surface area contributed by atoms with E-state index in [0.717, 1.165) is 11.4 Å². The van der Waals surface area contributed by atoms with Crippen LogP contribution in [-0.4, -0.2) is 29.6 Å². The van der Waals surface area contributed by atoms with Crippen molar-refractivity contribution in [2.45, 2.75) is 6.92 Å². The van der Waals surface area contributed by atoms with Crippen molar-refractivity contribution in [3.63, 3.8) is 0 Å². The fraction of sp³-hybridized carbons (Fsp3) is 0.125. The lowest BCUT2D eigenvalue weighted by Crippen LogP contribution is -2.01. The summed E-state index contributed by atoms with van der Waals surface area (Å²) in [6.07, 6.45) is 1.74. The van der Waals surface area contributed by atoms with Gasteiger partial charge in [0.1, 0.15) is 5.82 Å². The average Bonchev–Trinajstić information content (AvgIpc) is 3.13. The van der Waals surface area contributed by atoms with E-state index in [-0.39, 0.29) is 5.82 Å². The van der Waals surface area contributed by atoms with Crippen molar-refractivity contribution >= 4 is 17.2 Å². The maximum atomic E-state index is 13.5. The van der Waals surface area contributed by atoms with E-state index in [1.807, 2.05) is 20.0 Å². The van der Waals surface area contributed by atoms with E-state index >= 15 is 0 Å². The van der Waals surface area contributed by atoms with Gasteiger partial charge in [0, 0.05) is 12.6 Å². The predicted octanol–water partition coefficient (Wildman–Crippen LogP) is 2.72. The molecule has 4 rings (SSSR count). The van der Waals surface area contributed by atoms with Crippen LogP contribution >= 0.6 is 0 Å². The highest BCUT2D eigenvalue weighted by Crippen LogP contribution is 2.21. The first-order valence-corrected chi connectivity index (χ1v) is 7.36. The Morgan fingerprint density at radius 2 is 2.00 bits per heavy atom. The van der Waals surface area contributed by atoms with Gasteiger partial charge in [-0.25, -0.2) is 4.39 Å². The number of nitrogens with one attached hydrogen (secondary N) is 1. The summed E-state index contributed by atoms with van der Waals surface area (Å²) >= 11 is 0. The van der Waals surface area contributed by atoms with Crippen LogP contribution in [0.4, 0.5) is 15.9 Å². The van der Waals surface area contributed by atoms with Gasteiger partial charge >= 0.3 is 0 Å². The van der Waals surface area contributed by atoms with Crippen LogP contribution in [0.5, 0.6) is 0 Å². The normalized spacial score (nSPS) is 11.1. The molecule has 0 saturated carbocycles. The molecule has 120 valence electrons. The van der Waals surface area contributed by atoms with Crippen LogP contribution in [0.25, 0.3) is 17.0 Å². The van der Waals surface area contributed by atoms with Crippen LogP contribution in [0.1, 0.15) is 5.69 Å². The molecule has 0 amide bonds. The molecule has 0 fully saturated rings. The average molecular weight is 323 g/mol. The molecule has 0 unspecified atom stereocenters. The van der Waals surface area contributed by atoms with Crippen molar-refractivity contribution in [3.8, 4) is 11.4 Å². The maximum Gasteiger partial charge on any atom is 0.185 e. The molecule has 0 saturated heterocycles. The van der Waals surface area contributed by atoms with Crippen molar-refractivity contribution in [2.75, 3.05) is 5.32 Å². The zero-order valence-electron chi connectivity index (χ0n) is 13.1. The van der Waals surface area contributed by atoms with Gasteiger partial charge < -0.3 is 5.32 Å². The Kier molecular flexibility index (Phi) is 3.23. The van der Waals surface area contributed by atoms with Crippen molar-refractivity contribution in [1.29, 1.82) is 0 Å². The lowest BCUT2D eigenvalue weighted by molar-refractivity contribution is 0.628. The molecule has 3 heterocycles. The smallest absolute Gasteiger partial charge is 0.185 e. The van der Waals surface area contributed by atoms with Crippen LogP contribution in [-0.2, 0) is 7.05 Å². The van der Waals surface area contributed by atoms with Crippen LogP contribution in [0.3, 0.4) is 0 Å². The molecule has 7 nitrogen and oxygen atoms in total. The lowest BCUT2D eigenvalue weighted by Gasteiger charge is -2.06. The quantitative estimate of drug-likeness (QED) is 0.627. The summed E-state index contributed by atoms with van der Waals surface area (Å²) in [5.74, 6) is 0.775. The van der Waals surface area contributed by atoms with E-state index < -0.39 is 0 Å². The first-order valence-electron chi connectivity index (χ1n) is 7.36. The number of halogens is 1. The van der Waals surface area contributed by atoms with Gasteiger partial charge in [0.25, 0.3) is 0 Å². The molecule has 0 radical (unpaired) electrons. The number of hydrogen-bond acceptors (Lipinski definition) is 5. The number of aromatic nitrogens is 6. The molecular weight excluding hydrogens is 309 g/mol. The molecule has 4 aromatic rings. The first kappa shape index (κ1) is 14.3. The van der Waals surface area contributed by atoms with E-state index in [4.69, 9.17) is 0 Å². The van der Waals surface area contributed by atoms with Gasteiger partial charge in [-0.05, 0) is 31.2 Å². The second-order valence-electron chi connectivity index (χ2n) is 5.41. The highest BCUT2D eigenvalue weighted by Gasteiger charge is 2.11. The molecule has 0 aliphatic heterocycles. The van der Waals surface area contributed by atoms with Crippen molar-refractivity contribution in [3.05, 3.63) is 54.1 Å². The molecule has 3 aromatic heterocycles. The summed E-state index contributed by atoms with van der Waals surface area (Å²) in [7, 11) is 1.87. The van der Waals surface area contributed by atoms with E-state index in [2.05, 4.69) is 25.7 Å². The third-order valence-corrected chi connectivity index (χ3v) is 3.84. The van der Waals surface area contributed by atoms with E-state index in [9.17, 15) is 4.39 Å². The van der Waals surface area contributed by atoms with Gasteiger partial charge in [0.2, 0.25) is 0 Å². The Hall–Kier alpha value is -3.29. The van der Waals surface area contributed by atoms with Crippen molar-refractivity contribution < 1.29 is 4.39 Å². The topological polar surface area (TPSA) is 72.9 Å². The number of hydrogen-bond donors (Lipinski definition) is 1. The third kappa shape index (κ3) is 2.37. The highest BCUT2D eigenvalue weighted by molar-refractivity contribution is 5.62. The largest absolute Gasteiger partial charge is 0.336 e. The van der Waals surface area contributed by atoms with Crippen LogP contribution in [0.15, 0.2) is 42.6 Å². The molecule has 0 bridgehead atoms. The third-order valence-electron chi connectivity index (χ3n) is 3.84. The standard InChI is InChI=1S/C16H14FN7/c1-10-13(9-18-23(10)2)19-14-6-7-15-20-21-16(24(15)22-14)11-4-3-5-12(17)8-11/h3-9H,1-2H3,(H,19,22). The second kappa shape index (κ2) is 5.41. The van der Waals surface area contributed by atoms with Gasteiger partial charge in [-0.15, -0.1) is 15.3 Å². The summed E-state index contributed by atoms with van der Waals surface area (Å²) in [5, 5.41) is 20.1.